The maximum Gasteiger partial charge on any atom is 0.303 e. The molecule has 5 nitrogen and oxygen atoms in total. The zero-order valence-electron chi connectivity index (χ0n) is 13.5. The molecular formula is C14H29NO4S. The Balaban J connectivity index is 4.53. The molecule has 0 aromatic heterocycles. The molecule has 20 heavy (non-hydrogen) atoms. The van der Waals surface area contributed by atoms with Gasteiger partial charge in [-0.25, -0.2) is 13.1 Å². The fraction of sp³-hybridized carbons (Fsp3) is 0.929. The van der Waals surface area contributed by atoms with Gasteiger partial charge in [0.15, 0.2) is 0 Å². The maximum absolute atomic E-state index is 11.9. The van der Waals surface area contributed by atoms with Crippen LogP contribution in [0.15, 0.2) is 0 Å². The molecule has 2 N–H and O–H groups in total. The predicted molar refractivity (Wildman–Crippen MR) is 81.1 cm³/mol. The number of hydrogen-bond donors (Lipinski definition) is 2. The topological polar surface area (TPSA) is 83.5 Å². The molecule has 0 aromatic carbocycles. The Morgan fingerprint density at radius 3 is 1.95 bits per heavy atom. The first-order valence-electron chi connectivity index (χ1n) is 6.98. The van der Waals surface area contributed by atoms with Gasteiger partial charge < -0.3 is 5.11 Å². The first-order valence-corrected chi connectivity index (χ1v) is 8.46. The van der Waals surface area contributed by atoms with E-state index in [2.05, 4.69) is 25.5 Å². The monoisotopic (exact) mass is 307 g/mol. The summed E-state index contributed by atoms with van der Waals surface area (Å²) in [5.41, 5.74) is -0.0391. The second-order valence-corrected chi connectivity index (χ2v) is 9.81. The molecule has 0 bridgehead atoms. The average Bonchev–Trinajstić information content (AvgIpc) is 2.18. The molecule has 0 amide bonds. The SMILES string of the molecule is CC(C)(C)C(CCNS(=O)(=O)C(C)(C)C)CCC(=O)O. The van der Waals surface area contributed by atoms with Crippen molar-refractivity contribution >= 4 is 16.0 Å². The lowest BCUT2D eigenvalue weighted by molar-refractivity contribution is -0.137. The van der Waals surface area contributed by atoms with E-state index in [0.717, 1.165) is 0 Å². The number of aliphatic carboxylic acids is 1. The number of nitrogens with one attached hydrogen (secondary N) is 1. The smallest absolute Gasteiger partial charge is 0.303 e. The fourth-order valence-electron chi connectivity index (χ4n) is 1.89. The van der Waals surface area contributed by atoms with Crippen molar-refractivity contribution in [1.82, 2.24) is 4.72 Å². The first kappa shape index (κ1) is 19.4. The molecule has 0 rings (SSSR count). The predicted octanol–water partition coefficient (Wildman–Crippen LogP) is 2.62. The Kier molecular flexibility index (Phi) is 6.68. The summed E-state index contributed by atoms with van der Waals surface area (Å²) in [5, 5.41) is 8.78. The van der Waals surface area contributed by atoms with Gasteiger partial charge in [0.05, 0.1) is 4.75 Å². The molecule has 1 atom stereocenters. The Bertz CT molecular complexity index is 415. The molecule has 0 fully saturated rings. The van der Waals surface area contributed by atoms with Crippen molar-refractivity contribution in [2.45, 2.75) is 65.6 Å². The molecule has 6 heteroatoms. The number of rotatable bonds is 7. The highest BCUT2D eigenvalue weighted by molar-refractivity contribution is 7.90. The lowest BCUT2D eigenvalue weighted by Crippen LogP contribution is -2.40. The maximum atomic E-state index is 11.9. The summed E-state index contributed by atoms with van der Waals surface area (Å²) < 4.78 is 25.7. The zero-order chi connectivity index (χ0) is 16.2. The summed E-state index contributed by atoms with van der Waals surface area (Å²) in [4.78, 5) is 10.7. The summed E-state index contributed by atoms with van der Waals surface area (Å²) in [6.45, 7) is 11.5. The standard InChI is InChI=1S/C14H29NO4S/c1-13(2,3)11(7-8-12(16)17)9-10-15-20(18,19)14(4,5)6/h11,15H,7-10H2,1-6H3,(H,16,17). The van der Waals surface area contributed by atoms with Crippen LogP contribution in [0.2, 0.25) is 0 Å². The second kappa shape index (κ2) is 6.89. The average molecular weight is 307 g/mol. The molecular weight excluding hydrogens is 278 g/mol. The van der Waals surface area contributed by atoms with Crippen molar-refractivity contribution in [3.8, 4) is 0 Å². The Labute approximate surface area is 123 Å². The minimum atomic E-state index is -3.34. The van der Waals surface area contributed by atoms with Crippen LogP contribution in [0.1, 0.15) is 60.8 Å². The lowest BCUT2D eigenvalue weighted by atomic mass is 9.76. The van der Waals surface area contributed by atoms with Crippen LogP contribution >= 0.6 is 0 Å². The summed E-state index contributed by atoms with van der Waals surface area (Å²) >= 11 is 0. The lowest BCUT2D eigenvalue weighted by Gasteiger charge is -2.31. The highest BCUT2D eigenvalue weighted by Crippen LogP contribution is 2.32. The zero-order valence-corrected chi connectivity index (χ0v) is 14.3. The van der Waals surface area contributed by atoms with E-state index in [1.807, 2.05) is 0 Å². The summed E-state index contributed by atoms with van der Waals surface area (Å²) in [6.07, 6.45) is 1.33. The van der Waals surface area contributed by atoms with Gasteiger partial charge in [0, 0.05) is 13.0 Å². The van der Waals surface area contributed by atoms with Crippen LogP contribution in [0, 0.1) is 11.3 Å². The van der Waals surface area contributed by atoms with E-state index in [-0.39, 0.29) is 17.8 Å². The Morgan fingerprint density at radius 2 is 1.60 bits per heavy atom. The van der Waals surface area contributed by atoms with Gasteiger partial charge in [0.25, 0.3) is 0 Å². The molecule has 0 aromatic rings. The fourth-order valence-corrected chi connectivity index (χ4v) is 2.71. The Hall–Kier alpha value is -0.620. The van der Waals surface area contributed by atoms with Crippen molar-refractivity contribution in [3.05, 3.63) is 0 Å². The third-order valence-corrected chi connectivity index (χ3v) is 5.72. The third kappa shape index (κ3) is 6.70. The molecule has 0 aliphatic rings. The van der Waals surface area contributed by atoms with Crippen LogP contribution in [0.4, 0.5) is 0 Å². The van der Waals surface area contributed by atoms with Crippen molar-refractivity contribution < 1.29 is 18.3 Å². The van der Waals surface area contributed by atoms with E-state index in [4.69, 9.17) is 5.11 Å². The normalized spacial score (nSPS) is 15.1. The highest BCUT2D eigenvalue weighted by Gasteiger charge is 2.30. The molecule has 0 radical (unpaired) electrons. The number of hydrogen-bond acceptors (Lipinski definition) is 3. The molecule has 0 saturated carbocycles. The largest absolute Gasteiger partial charge is 0.481 e. The molecule has 0 heterocycles. The van der Waals surface area contributed by atoms with E-state index in [0.29, 0.717) is 19.4 Å². The first-order chi connectivity index (χ1) is 8.77. The number of sulfonamides is 1. The summed E-state index contributed by atoms with van der Waals surface area (Å²) in [5.74, 6) is -0.643. The molecule has 0 aliphatic heterocycles. The van der Waals surface area contributed by atoms with Gasteiger partial charge in [0.2, 0.25) is 10.0 Å². The summed E-state index contributed by atoms with van der Waals surface area (Å²) in [6, 6.07) is 0. The van der Waals surface area contributed by atoms with Gasteiger partial charge in [-0.3, -0.25) is 4.79 Å². The van der Waals surface area contributed by atoms with E-state index < -0.39 is 20.7 Å². The van der Waals surface area contributed by atoms with Gasteiger partial charge in [-0.05, 0) is 44.9 Å². The quantitative estimate of drug-likeness (QED) is 0.757. The van der Waals surface area contributed by atoms with Gasteiger partial charge in [0.1, 0.15) is 0 Å². The van der Waals surface area contributed by atoms with E-state index in [9.17, 15) is 13.2 Å². The highest BCUT2D eigenvalue weighted by atomic mass is 32.2. The van der Waals surface area contributed by atoms with Crippen molar-refractivity contribution in [2.24, 2.45) is 11.3 Å². The van der Waals surface area contributed by atoms with E-state index >= 15 is 0 Å². The van der Waals surface area contributed by atoms with Crippen molar-refractivity contribution in [3.63, 3.8) is 0 Å². The van der Waals surface area contributed by atoms with Gasteiger partial charge >= 0.3 is 5.97 Å². The van der Waals surface area contributed by atoms with Gasteiger partial charge in [-0.2, -0.15) is 0 Å². The molecule has 120 valence electrons. The minimum absolute atomic E-state index is 0.0391. The van der Waals surface area contributed by atoms with Crippen molar-refractivity contribution in [1.29, 1.82) is 0 Å². The molecule has 0 aliphatic carbocycles. The van der Waals surface area contributed by atoms with Crippen LogP contribution < -0.4 is 4.72 Å². The molecule has 0 spiro atoms. The van der Waals surface area contributed by atoms with E-state index in [1.165, 1.54) is 0 Å². The number of carbonyl (C=O) groups is 1. The van der Waals surface area contributed by atoms with Crippen molar-refractivity contribution in [2.75, 3.05) is 6.54 Å². The van der Waals surface area contributed by atoms with Crippen LogP contribution in [-0.2, 0) is 14.8 Å². The Morgan fingerprint density at radius 1 is 1.10 bits per heavy atom. The second-order valence-electron chi connectivity index (χ2n) is 7.29. The number of carboxylic acids is 1. The van der Waals surface area contributed by atoms with Crippen LogP contribution in [0.5, 0.6) is 0 Å². The molecule has 1 unspecified atom stereocenters. The van der Waals surface area contributed by atoms with Crippen LogP contribution in [0.3, 0.4) is 0 Å². The van der Waals surface area contributed by atoms with Gasteiger partial charge in [-0.1, -0.05) is 20.8 Å². The van der Waals surface area contributed by atoms with Crippen LogP contribution in [-0.4, -0.2) is 30.8 Å². The third-order valence-electron chi connectivity index (χ3n) is 3.52. The number of carboxylic acid groups (broad SMARTS) is 1. The molecule has 0 saturated heterocycles. The van der Waals surface area contributed by atoms with Crippen LogP contribution in [0.25, 0.3) is 0 Å². The van der Waals surface area contributed by atoms with E-state index in [1.54, 1.807) is 20.8 Å². The van der Waals surface area contributed by atoms with Gasteiger partial charge in [-0.15, -0.1) is 0 Å². The summed E-state index contributed by atoms with van der Waals surface area (Å²) in [7, 11) is -3.34. The minimum Gasteiger partial charge on any atom is -0.481 e.